The molecule has 1 aromatic rings. The lowest BCUT2D eigenvalue weighted by atomic mass is 10.1. The molecule has 0 aromatic heterocycles. The molecule has 0 spiro atoms. The number of hydrogen-bond donors (Lipinski definition) is 2. The number of carboxylic acids is 1. The number of carbonyl (C=O) groups excluding carboxylic acids is 1. The molecular weight excluding hydrogens is 340 g/mol. The molecule has 2 saturated heterocycles. The Balaban J connectivity index is 1.54. The van der Waals surface area contributed by atoms with Gasteiger partial charge in [-0.25, -0.2) is 4.79 Å². The fraction of sp³-hybridized carbons (Fsp3) is 0.556. The molecule has 1 amide bonds. The fourth-order valence-electron chi connectivity index (χ4n) is 3.06. The van der Waals surface area contributed by atoms with E-state index in [9.17, 15) is 9.59 Å². The van der Waals surface area contributed by atoms with Gasteiger partial charge in [0.15, 0.2) is 0 Å². The summed E-state index contributed by atoms with van der Waals surface area (Å²) in [5, 5.41) is 12.0. The molecule has 142 valence electrons. The van der Waals surface area contributed by atoms with Gasteiger partial charge in [-0.1, -0.05) is 0 Å². The molecule has 2 aliphatic rings. The number of ether oxygens (including phenoxy) is 3. The van der Waals surface area contributed by atoms with Gasteiger partial charge in [-0.2, -0.15) is 0 Å². The second-order valence-corrected chi connectivity index (χ2v) is 6.41. The lowest BCUT2D eigenvalue weighted by Crippen LogP contribution is -2.54. The van der Waals surface area contributed by atoms with Gasteiger partial charge in [-0.15, -0.1) is 0 Å². The Morgan fingerprint density at radius 2 is 1.88 bits per heavy atom. The third-order valence-corrected chi connectivity index (χ3v) is 4.51. The summed E-state index contributed by atoms with van der Waals surface area (Å²) in [6.07, 6.45) is 0.361. The van der Waals surface area contributed by atoms with E-state index in [1.165, 1.54) is 12.1 Å². The van der Waals surface area contributed by atoms with Crippen LogP contribution in [0.3, 0.4) is 0 Å². The first-order chi connectivity index (χ1) is 12.6. The Labute approximate surface area is 152 Å². The van der Waals surface area contributed by atoms with E-state index in [1.54, 1.807) is 12.1 Å². The number of aromatic carboxylic acids is 1. The fourth-order valence-corrected chi connectivity index (χ4v) is 3.06. The van der Waals surface area contributed by atoms with Crippen LogP contribution in [0.25, 0.3) is 0 Å². The zero-order valence-corrected chi connectivity index (χ0v) is 14.6. The normalized spacial score (nSPS) is 24.0. The quantitative estimate of drug-likeness (QED) is 0.753. The Bertz CT molecular complexity index is 615. The minimum absolute atomic E-state index is 0.0337. The maximum Gasteiger partial charge on any atom is 0.335 e. The highest BCUT2D eigenvalue weighted by atomic mass is 16.5. The molecule has 0 aliphatic carbocycles. The van der Waals surface area contributed by atoms with E-state index < -0.39 is 5.97 Å². The second kappa shape index (κ2) is 8.98. The molecule has 8 nitrogen and oxygen atoms in total. The number of rotatable bonds is 6. The van der Waals surface area contributed by atoms with E-state index in [1.807, 2.05) is 0 Å². The van der Waals surface area contributed by atoms with Crippen molar-refractivity contribution in [2.24, 2.45) is 0 Å². The highest BCUT2D eigenvalue weighted by molar-refractivity contribution is 5.87. The molecule has 2 fully saturated rings. The van der Waals surface area contributed by atoms with Crippen LogP contribution in [-0.4, -0.2) is 80.1 Å². The summed E-state index contributed by atoms with van der Waals surface area (Å²) in [7, 11) is 0. The lowest BCUT2D eigenvalue weighted by molar-refractivity contribution is -0.126. The zero-order valence-electron chi connectivity index (χ0n) is 14.6. The molecule has 0 unspecified atom stereocenters. The predicted molar refractivity (Wildman–Crippen MR) is 92.4 cm³/mol. The zero-order chi connectivity index (χ0) is 18.4. The molecule has 2 heterocycles. The third kappa shape index (κ3) is 5.17. The first kappa shape index (κ1) is 18.6. The number of hydrogen-bond acceptors (Lipinski definition) is 6. The number of morpholine rings is 1. The first-order valence-electron chi connectivity index (χ1n) is 8.79. The van der Waals surface area contributed by atoms with Crippen LogP contribution in [0.15, 0.2) is 24.3 Å². The van der Waals surface area contributed by atoms with Gasteiger partial charge >= 0.3 is 5.97 Å². The number of nitrogens with zero attached hydrogens (tertiary/aromatic N) is 1. The monoisotopic (exact) mass is 364 g/mol. The Morgan fingerprint density at radius 1 is 1.15 bits per heavy atom. The summed E-state index contributed by atoms with van der Waals surface area (Å²) >= 11 is 0. The molecule has 1 aromatic carbocycles. The van der Waals surface area contributed by atoms with Crippen molar-refractivity contribution in [1.29, 1.82) is 0 Å². The SMILES string of the molecule is O=C(CN1CCOCC1)N[C@@H]1CCOC[C@H]1Oc1ccc(C(=O)O)cc1. The number of benzene rings is 1. The van der Waals surface area contributed by atoms with E-state index in [4.69, 9.17) is 19.3 Å². The van der Waals surface area contributed by atoms with E-state index in [0.29, 0.717) is 45.1 Å². The van der Waals surface area contributed by atoms with Crippen LogP contribution in [-0.2, 0) is 14.3 Å². The number of amides is 1. The van der Waals surface area contributed by atoms with E-state index in [0.717, 1.165) is 13.1 Å². The maximum absolute atomic E-state index is 12.3. The van der Waals surface area contributed by atoms with Crippen LogP contribution in [0.1, 0.15) is 16.8 Å². The molecule has 2 atom stereocenters. The van der Waals surface area contributed by atoms with Gasteiger partial charge in [0.1, 0.15) is 11.9 Å². The molecule has 0 radical (unpaired) electrons. The van der Waals surface area contributed by atoms with Crippen molar-refractivity contribution in [3.8, 4) is 5.75 Å². The van der Waals surface area contributed by atoms with Crippen LogP contribution in [0.2, 0.25) is 0 Å². The topological polar surface area (TPSA) is 97.3 Å². The van der Waals surface area contributed by atoms with Gasteiger partial charge in [0, 0.05) is 19.7 Å². The maximum atomic E-state index is 12.3. The smallest absolute Gasteiger partial charge is 0.335 e. The van der Waals surface area contributed by atoms with Crippen LogP contribution >= 0.6 is 0 Å². The third-order valence-electron chi connectivity index (χ3n) is 4.51. The molecule has 3 rings (SSSR count). The summed E-state index contributed by atoms with van der Waals surface area (Å²) in [5.41, 5.74) is 0.201. The summed E-state index contributed by atoms with van der Waals surface area (Å²) < 4.78 is 16.7. The van der Waals surface area contributed by atoms with Crippen molar-refractivity contribution in [2.45, 2.75) is 18.6 Å². The average molecular weight is 364 g/mol. The minimum Gasteiger partial charge on any atom is -0.486 e. The van der Waals surface area contributed by atoms with E-state index in [-0.39, 0.29) is 23.6 Å². The van der Waals surface area contributed by atoms with Gasteiger partial charge < -0.3 is 24.6 Å². The molecule has 2 N–H and O–H groups in total. The van der Waals surface area contributed by atoms with Gasteiger partial charge in [-0.3, -0.25) is 9.69 Å². The highest BCUT2D eigenvalue weighted by Crippen LogP contribution is 2.19. The van der Waals surface area contributed by atoms with Gasteiger partial charge in [0.05, 0.1) is 38.0 Å². The Hall–Kier alpha value is -2.16. The van der Waals surface area contributed by atoms with E-state index >= 15 is 0 Å². The molecular formula is C18H24N2O6. The summed E-state index contributed by atoms with van der Waals surface area (Å²) in [6, 6.07) is 6.08. The minimum atomic E-state index is -0.981. The van der Waals surface area contributed by atoms with Crippen molar-refractivity contribution in [1.82, 2.24) is 10.2 Å². The molecule has 26 heavy (non-hydrogen) atoms. The van der Waals surface area contributed by atoms with Crippen LogP contribution in [0, 0.1) is 0 Å². The Kier molecular flexibility index (Phi) is 6.43. The van der Waals surface area contributed by atoms with Gasteiger partial charge in [0.25, 0.3) is 0 Å². The molecule has 0 bridgehead atoms. The second-order valence-electron chi connectivity index (χ2n) is 6.41. The first-order valence-corrected chi connectivity index (χ1v) is 8.79. The summed E-state index contributed by atoms with van der Waals surface area (Å²) in [5.74, 6) is -0.461. The van der Waals surface area contributed by atoms with Gasteiger partial charge in [0.2, 0.25) is 5.91 Å². The molecule has 2 aliphatic heterocycles. The Morgan fingerprint density at radius 3 is 2.58 bits per heavy atom. The average Bonchev–Trinajstić information content (AvgIpc) is 2.64. The number of nitrogens with one attached hydrogen (secondary N) is 1. The highest BCUT2D eigenvalue weighted by Gasteiger charge is 2.29. The standard InChI is InChI=1S/C18H24N2O6/c21-17(11-20-6-9-24-10-7-20)19-15-5-8-25-12-16(15)26-14-3-1-13(2-4-14)18(22)23/h1-4,15-16H,5-12H2,(H,19,21)(H,22,23)/t15-,16-/m1/s1. The van der Waals surface area contributed by atoms with Crippen molar-refractivity contribution in [2.75, 3.05) is 46.1 Å². The van der Waals surface area contributed by atoms with Gasteiger partial charge in [-0.05, 0) is 30.7 Å². The van der Waals surface area contributed by atoms with Crippen molar-refractivity contribution < 1.29 is 28.9 Å². The van der Waals surface area contributed by atoms with Crippen molar-refractivity contribution >= 4 is 11.9 Å². The van der Waals surface area contributed by atoms with Crippen molar-refractivity contribution in [3.63, 3.8) is 0 Å². The van der Waals surface area contributed by atoms with Crippen molar-refractivity contribution in [3.05, 3.63) is 29.8 Å². The molecule has 0 saturated carbocycles. The van der Waals surface area contributed by atoms with Crippen LogP contribution in [0.5, 0.6) is 5.75 Å². The van der Waals surface area contributed by atoms with E-state index in [2.05, 4.69) is 10.2 Å². The van der Waals surface area contributed by atoms with Crippen LogP contribution in [0.4, 0.5) is 0 Å². The number of carboxylic acid groups (broad SMARTS) is 1. The summed E-state index contributed by atoms with van der Waals surface area (Å²) in [4.78, 5) is 25.3. The molecule has 8 heteroatoms. The largest absolute Gasteiger partial charge is 0.486 e. The number of carbonyl (C=O) groups is 2. The summed E-state index contributed by atoms with van der Waals surface area (Å²) in [6.45, 7) is 4.13. The lowest BCUT2D eigenvalue weighted by Gasteiger charge is -2.33. The predicted octanol–water partition coefficient (Wildman–Crippen LogP) is 0.370. The van der Waals surface area contributed by atoms with Crippen LogP contribution < -0.4 is 10.1 Å².